The van der Waals surface area contributed by atoms with Crippen molar-refractivity contribution in [3.63, 3.8) is 0 Å². The second kappa shape index (κ2) is 11.2. The van der Waals surface area contributed by atoms with Gasteiger partial charge in [-0.3, -0.25) is 4.79 Å². The highest BCUT2D eigenvalue weighted by Gasteiger charge is 2.17. The van der Waals surface area contributed by atoms with E-state index in [1.165, 1.54) is 14.2 Å². The molecule has 2 rings (SSSR count). The van der Waals surface area contributed by atoms with Gasteiger partial charge in [0.25, 0.3) is 5.91 Å². The third-order valence-corrected chi connectivity index (χ3v) is 4.48. The van der Waals surface area contributed by atoms with Gasteiger partial charge in [-0.15, -0.1) is 0 Å². The highest BCUT2D eigenvalue weighted by Crippen LogP contribution is 2.25. The maximum atomic E-state index is 12.1. The van der Waals surface area contributed by atoms with E-state index in [2.05, 4.69) is 15.6 Å². The van der Waals surface area contributed by atoms with Crippen LogP contribution in [-0.4, -0.2) is 31.5 Å². The Morgan fingerprint density at radius 1 is 1.10 bits per heavy atom. The zero-order valence-electron chi connectivity index (χ0n) is 16.3. The van der Waals surface area contributed by atoms with Crippen LogP contribution in [0.1, 0.15) is 23.6 Å². The van der Waals surface area contributed by atoms with Crippen molar-refractivity contribution < 1.29 is 14.5 Å². The molecule has 0 aliphatic carbocycles. The number of benzene rings is 2. The number of carbonyl (C=O) groups is 1. The fourth-order valence-corrected chi connectivity index (χ4v) is 2.93. The molecule has 2 aromatic rings. The summed E-state index contributed by atoms with van der Waals surface area (Å²) in [5.41, 5.74) is 2.82. The molecule has 1 N–H and O–H groups in total. The van der Waals surface area contributed by atoms with Gasteiger partial charge in [-0.05, 0) is 25.1 Å². The normalized spacial score (nSPS) is 12.2. The maximum absolute atomic E-state index is 12.1. The molecule has 1 amide bonds. The van der Waals surface area contributed by atoms with Gasteiger partial charge in [0.05, 0.1) is 5.71 Å². The lowest BCUT2D eigenvalue weighted by atomic mass is 10.0. The van der Waals surface area contributed by atoms with Gasteiger partial charge in [0.15, 0.2) is 5.71 Å². The van der Waals surface area contributed by atoms with Gasteiger partial charge in [0, 0.05) is 33.8 Å². The van der Waals surface area contributed by atoms with Crippen molar-refractivity contribution in [2.24, 2.45) is 10.3 Å². The van der Waals surface area contributed by atoms with Crippen LogP contribution < -0.4 is 5.32 Å². The summed E-state index contributed by atoms with van der Waals surface area (Å²) in [4.78, 5) is 22.3. The number of hydrogen-bond acceptors (Lipinski definition) is 5. The third-order valence-electron chi connectivity index (χ3n) is 3.82. The van der Waals surface area contributed by atoms with Gasteiger partial charge in [0.1, 0.15) is 13.7 Å². The first kappa shape index (κ1) is 22.5. The van der Waals surface area contributed by atoms with Crippen molar-refractivity contribution in [3.8, 4) is 0 Å². The van der Waals surface area contributed by atoms with E-state index in [9.17, 15) is 4.79 Å². The molecule has 0 atom stereocenters. The minimum Gasteiger partial charge on any atom is -0.398 e. The lowest BCUT2D eigenvalue weighted by Gasteiger charge is -2.10. The van der Waals surface area contributed by atoms with E-state index < -0.39 is 0 Å². The molecule has 0 bridgehead atoms. The largest absolute Gasteiger partial charge is 0.398 e. The predicted octanol–water partition coefficient (Wildman–Crippen LogP) is 4.70. The number of rotatable bonds is 8. The Kier molecular flexibility index (Phi) is 8.70. The summed E-state index contributed by atoms with van der Waals surface area (Å²) in [5, 5.41) is 11.5. The molecule has 0 saturated heterocycles. The van der Waals surface area contributed by atoms with Crippen LogP contribution in [0.3, 0.4) is 0 Å². The van der Waals surface area contributed by atoms with Gasteiger partial charge in [-0.25, -0.2) is 0 Å². The molecule has 6 nitrogen and oxygen atoms in total. The van der Waals surface area contributed by atoms with Gasteiger partial charge in [-0.1, -0.05) is 69.9 Å². The first-order chi connectivity index (χ1) is 14.0. The van der Waals surface area contributed by atoms with Crippen LogP contribution >= 0.6 is 23.2 Å². The van der Waals surface area contributed by atoms with E-state index in [-0.39, 0.29) is 18.2 Å². The Balaban J connectivity index is 2.13. The Morgan fingerprint density at radius 3 is 2.45 bits per heavy atom. The maximum Gasteiger partial charge on any atom is 0.273 e. The number of carbonyl (C=O) groups excluding carboxylic acids is 1. The SMILES string of the molecule is CNC(=O)/C(=N\OC)c1ccccc1CO/N=C(C)/C=C/c1c(Cl)cccc1Cl. The molecular weight excluding hydrogens is 413 g/mol. The molecular formula is C21H21Cl2N3O3. The molecule has 2 aromatic carbocycles. The zero-order chi connectivity index (χ0) is 21.2. The van der Waals surface area contributed by atoms with Crippen LogP contribution in [0.4, 0.5) is 0 Å². The fourth-order valence-electron chi connectivity index (χ4n) is 2.41. The Bertz CT molecular complexity index is 936. The monoisotopic (exact) mass is 433 g/mol. The summed E-state index contributed by atoms with van der Waals surface area (Å²) in [5.74, 6) is -0.362. The second-order valence-electron chi connectivity index (χ2n) is 5.83. The number of likely N-dealkylation sites (N-methyl/N-ethyl adjacent to an activating group) is 1. The van der Waals surface area contributed by atoms with Crippen molar-refractivity contribution in [1.82, 2.24) is 5.32 Å². The number of amides is 1. The van der Waals surface area contributed by atoms with E-state index in [0.717, 1.165) is 5.56 Å². The summed E-state index contributed by atoms with van der Waals surface area (Å²) in [7, 11) is 2.91. The smallest absolute Gasteiger partial charge is 0.273 e. The number of nitrogens with zero attached hydrogens (tertiary/aromatic N) is 2. The van der Waals surface area contributed by atoms with Crippen molar-refractivity contribution in [2.75, 3.05) is 14.2 Å². The van der Waals surface area contributed by atoms with E-state index in [1.807, 2.05) is 12.1 Å². The average molecular weight is 434 g/mol. The fraction of sp³-hybridized carbons (Fsp3) is 0.190. The van der Waals surface area contributed by atoms with Gasteiger partial charge in [-0.2, -0.15) is 0 Å². The Hall–Kier alpha value is -2.83. The molecule has 0 radical (unpaired) electrons. The molecule has 0 heterocycles. The van der Waals surface area contributed by atoms with Gasteiger partial charge < -0.3 is 15.0 Å². The zero-order valence-corrected chi connectivity index (χ0v) is 17.8. The number of oxime groups is 2. The van der Waals surface area contributed by atoms with Crippen LogP contribution in [0.5, 0.6) is 0 Å². The van der Waals surface area contributed by atoms with Crippen LogP contribution in [0.15, 0.2) is 58.9 Å². The van der Waals surface area contributed by atoms with Crippen molar-refractivity contribution in [3.05, 3.63) is 75.3 Å². The molecule has 0 spiro atoms. The highest BCUT2D eigenvalue weighted by molar-refractivity contribution is 6.45. The first-order valence-corrected chi connectivity index (χ1v) is 9.43. The quantitative estimate of drug-likeness (QED) is 0.484. The molecule has 0 fully saturated rings. The van der Waals surface area contributed by atoms with Gasteiger partial charge in [0.2, 0.25) is 0 Å². The molecule has 29 heavy (non-hydrogen) atoms. The molecule has 8 heteroatoms. The van der Waals surface area contributed by atoms with Crippen molar-refractivity contribution >= 4 is 46.6 Å². The summed E-state index contributed by atoms with van der Waals surface area (Å²) in [6.07, 6.45) is 3.52. The number of nitrogens with one attached hydrogen (secondary N) is 1. The summed E-state index contributed by atoms with van der Waals surface area (Å²) >= 11 is 12.3. The number of hydrogen-bond donors (Lipinski definition) is 1. The molecule has 0 aliphatic heterocycles. The summed E-state index contributed by atoms with van der Waals surface area (Å²) in [6, 6.07) is 12.5. The van der Waals surface area contributed by atoms with Crippen LogP contribution in [0.25, 0.3) is 6.08 Å². The third kappa shape index (κ3) is 6.34. The lowest BCUT2D eigenvalue weighted by Crippen LogP contribution is -2.29. The summed E-state index contributed by atoms with van der Waals surface area (Å²) < 4.78 is 0. The Morgan fingerprint density at radius 2 is 1.79 bits per heavy atom. The van der Waals surface area contributed by atoms with E-state index >= 15 is 0 Å². The van der Waals surface area contributed by atoms with E-state index in [1.54, 1.807) is 49.4 Å². The minimum absolute atomic E-state index is 0.147. The number of allylic oxidation sites excluding steroid dienone is 1. The first-order valence-electron chi connectivity index (χ1n) is 8.68. The lowest BCUT2D eigenvalue weighted by molar-refractivity contribution is -0.114. The Labute approximate surface area is 179 Å². The average Bonchev–Trinajstić information content (AvgIpc) is 2.71. The molecule has 152 valence electrons. The van der Waals surface area contributed by atoms with E-state index in [0.29, 0.717) is 26.9 Å². The highest BCUT2D eigenvalue weighted by atomic mass is 35.5. The summed E-state index contributed by atoms with van der Waals surface area (Å²) in [6.45, 7) is 1.93. The number of halogens is 2. The van der Waals surface area contributed by atoms with E-state index in [4.69, 9.17) is 32.9 Å². The van der Waals surface area contributed by atoms with Crippen LogP contribution in [-0.2, 0) is 21.1 Å². The molecule has 0 unspecified atom stereocenters. The minimum atomic E-state index is -0.362. The van der Waals surface area contributed by atoms with Crippen LogP contribution in [0.2, 0.25) is 10.0 Å². The van der Waals surface area contributed by atoms with Crippen molar-refractivity contribution in [2.45, 2.75) is 13.5 Å². The van der Waals surface area contributed by atoms with Gasteiger partial charge >= 0.3 is 0 Å². The predicted molar refractivity (Wildman–Crippen MR) is 117 cm³/mol. The standard InChI is InChI=1S/C21H21Cl2N3O3/c1-14(11-12-17-18(22)9-6-10-19(17)23)25-29-13-15-7-4-5-8-16(15)20(26-28-3)21(27)24-2/h4-12H,13H2,1-3H3,(H,24,27)/b12-11+,25-14+,26-20-. The molecule has 0 aliphatic rings. The molecule has 0 saturated carbocycles. The second-order valence-corrected chi connectivity index (χ2v) is 6.65. The van der Waals surface area contributed by atoms with Crippen LogP contribution in [0, 0.1) is 0 Å². The topological polar surface area (TPSA) is 72.3 Å². The molecule has 0 aromatic heterocycles. The van der Waals surface area contributed by atoms with Crippen molar-refractivity contribution in [1.29, 1.82) is 0 Å².